The second-order valence-electron chi connectivity index (χ2n) is 5.80. The molecule has 3 heterocycles. The van der Waals surface area contributed by atoms with Gasteiger partial charge in [-0.15, -0.1) is 0 Å². The number of sulfone groups is 1. The third-order valence-electron chi connectivity index (χ3n) is 3.89. The summed E-state index contributed by atoms with van der Waals surface area (Å²) in [6, 6.07) is 12.8. The van der Waals surface area contributed by atoms with E-state index in [0.29, 0.717) is 11.6 Å². The molecular formula is C19H14ClN3O4S. The Balaban J connectivity index is 1.73. The van der Waals surface area contributed by atoms with Gasteiger partial charge in [0.15, 0.2) is 5.76 Å². The molecule has 0 radical (unpaired) electrons. The van der Waals surface area contributed by atoms with E-state index in [1.807, 2.05) is 6.07 Å². The molecule has 4 aromatic rings. The molecule has 9 heteroatoms. The quantitative estimate of drug-likeness (QED) is 0.497. The number of aromatic nitrogens is 2. The molecule has 0 aliphatic heterocycles. The summed E-state index contributed by atoms with van der Waals surface area (Å²) < 4.78 is 37.2. The van der Waals surface area contributed by atoms with Gasteiger partial charge in [-0.2, -0.15) is 4.98 Å². The minimum absolute atomic E-state index is 0.0219. The Bertz CT molecular complexity index is 1170. The summed E-state index contributed by atoms with van der Waals surface area (Å²) in [6.07, 6.45) is 4.79. The molecule has 0 bridgehead atoms. The van der Waals surface area contributed by atoms with Crippen molar-refractivity contribution in [3.63, 3.8) is 0 Å². The molecule has 0 spiro atoms. The summed E-state index contributed by atoms with van der Waals surface area (Å²) >= 11 is 5.86. The Morgan fingerprint density at radius 1 is 1.07 bits per heavy atom. The van der Waals surface area contributed by atoms with Crippen LogP contribution in [0.1, 0.15) is 5.56 Å². The monoisotopic (exact) mass is 415 g/mol. The molecule has 1 aromatic carbocycles. The highest BCUT2D eigenvalue weighted by atomic mass is 35.5. The zero-order valence-electron chi connectivity index (χ0n) is 14.4. The first-order valence-electron chi connectivity index (χ1n) is 8.22. The van der Waals surface area contributed by atoms with Gasteiger partial charge in [0.1, 0.15) is 0 Å². The molecule has 0 aliphatic rings. The second kappa shape index (κ2) is 7.49. The third-order valence-corrected chi connectivity index (χ3v) is 5.82. The van der Waals surface area contributed by atoms with Crippen LogP contribution in [0.4, 0.5) is 6.01 Å². The zero-order valence-corrected chi connectivity index (χ0v) is 15.9. The maximum Gasteiger partial charge on any atom is 0.296 e. The summed E-state index contributed by atoms with van der Waals surface area (Å²) in [5.74, 6) is 0.281. The Morgan fingerprint density at radius 2 is 1.89 bits per heavy atom. The van der Waals surface area contributed by atoms with Crippen molar-refractivity contribution >= 4 is 27.5 Å². The fourth-order valence-electron chi connectivity index (χ4n) is 2.53. The molecule has 0 amide bonds. The lowest BCUT2D eigenvalue weighted by atomic mass is 10.3. The molecule has 0 saturated carbocycles. The van der Waals surface area contributed by atoms with Gasteiger partial charge in [0.05, 0.1) is 11.2 Å². The van der Waals surface area contributed by atoms with Crippen LogP contribution in [0.3, 0.4) is 0 Å². The van der Waals surface area contributed by atoms with E-state index in [-0.39, 0.29) is 27.5 Å². The fourth-order valence-corrected chi connectivity index (χ4v) is 3.97. The van der Waals surface area contributed by atoms with Gasteiger partial charge in [-0.3, -0.25) is 4.98 Å². The van der Waals surface area contributed by atoms with E-state index in [4.69, 9.17) is 20.4 Å². The standard InChI is InChI=1S/C19H14ClN3O4S/c20-14-5-7-15(8-6-14)28(24,25)18-17(16-4-2-10-26-16)27-19(23-18)22-12-13-3-1-9-21-11-13/h1-11H,12H2,(H,22,23). The lowest BCUT2D eigenvalue weighted by molar-refractivity contribution is 0.522. The van der Waals surface area contributed by atoms with Crippen LogP contribution in [-0.2, 0) is 16.4 Å². The van der Waals surface area contributed by atoms with E-state index >= 15 is 0 Å². The number of oxazole rings is 1. The first-order valence-corrected chi connectivity index (χ1v) is 10.1. The number of furan rings is 1. The largest absolute Gasteiger partial charge is 0.461 e. The van der Waals surface area contributed by atoms with Gasteiger partial charge >= 0.3 is 0 Å². The minimum Gasteiger partial charge on any atom is -0.461 e. The average Bonchev–Trinajstić information content (AvgIpc) is 3.37. The highest BCUT2D eigenvalue weighted by Crippen LogP contribution is 2.34. The summed E-state index contributed by atoms with van der Waals surface area (Å²) in [7, 11) is -3.95. The van der Waals surface area contributed by atoms with E-state index in [9.17, 15) is 8.42 Å². The van der Waals surface area contributed by atoms with E-state index in [2.05, 4.69) is 15.3 Å². The first-order chi connectivity index (χ1) is 13.5. The van der Waals surface area contributed by atoms with E-state index < -0.39 is 9.84 Å². The smallest absolute Gasteiger partial charge is 0.296 e. The van der Waals surface area contributed by atoms with Crippen molar-refractivity contribution in [2.45, 2.75) is 16.5 Å². The normalized spacial score (nSPS) is 11.5. The maximum absolute atomic E-state index is 13.1. The van der Waals surface area contributed by atoms with Crippen LogP contribution in [0.15, 0.2) is 85.9 Å². The molecular weight excluding hydrogens is 402 g/mol. The van der Waals surface area contributed by atoms with Crippen LogP contribution in [-0.4, -0.2) is 18.4 Å². The highest BCUT2D eigenvalue weighted by molar-refractivity contribution is 7.91. The van der Waals surface area contributed by atoms with Gasteiger partial charge in [-0.05, 0) is 48.0 Å². The predicted octanol–water partition coefficient (Wildman–Crippen LogP) is 4.43. The topological polar surface area (TPSA) is 98.2 Å². The molecule has 0 saturated heterocycles. The molecule has 28 heavy (non-hydrogen) atoms. The Labute approximate surface area is 165 Å². The number of anilines is 1. The molecule has 0 unspecified atom stereocenters. The zero-order chi connectivity index (χ0) is 19.6. The number of nitrogens with zero attached hydrogens (tertiary/aromatic N) is 2. The van der Waals surface area contributed by atoms with E-state index in [1.165, 1.54) is 30.5 Å². The highest BCUT2D eigenvalue weighted by Gasteiger charge is 2.30. The molecule has 7 nitrogen and oxygen atoms in total. The van der Waals surface area contributed by atoms with Crippen molar-refractivity contribution in [3.8, 4) is 11.5 Å². The Hall–Kier alpha value is -3.10. The van der Waals surface area contributed by atoms with Crippen LogP contribution >= 0.6 is 11.6 Å². The van der Waals surface area contributed by atoms with Gasteiger partial charge in [-0.1, -0.05) is 17.7 Å². The average molecular weight is 416 g/mol. The summed E-state index contributed by atoms with van der Waals surface area (Å²) in [5.41, 5.74) is 0.891. The SMILES string of the molecule is O=S(=O)(c1ccc(Cl)cc1)c1nc(NCc2cccnc2)oc1-c1ccco1. The molecule has 3 aromatic heterocycles. The van der Waals surface area contributed by atoms with Crippen LogP contribution in [0.25, 0.3) is 11.5 Å². The molecule has 0 aliphatic carbocycles. The van der Waals surface area contributed by atoms with Gasteiger partial charge < -0.3 is 14.2 Å². The number of halogens is 1. The van der Waals surface area contributed by atoms with Gasteiger partial charge in [0.25, 0.3) is 6.01 Å². The van der Waals surface area contributed by atoms with Crippen LogP contribution < -0.4 is 5.32 Å². The Morgan fingerprint density at radius 3 is 2.57 bits per heavy atom. The number of nitrogens with one attached hydrogen (secondary N) is 1. The van der Waals surface area contributed by atoms with Gasteiger partial charge in [-0.25, -0.2) is 8.42 Å². The van der Waals surface area contributed by atoms with Crippen LogP contribution in [0.5, 0.6) is 0 Å². The fraction of sp³-hybridized carbons (Fsp3) is 0.0526. The molecule has 4 rings (SSSR count). The summed E-state index contributed by atoms with van der Waals surface area (Å²) in [6.45, 7) is 0.367. The number of benzene rings is 1. The molecule has 0 atom stereocenters. The summed E-state index contributed by atoms with van der Waals surface area (Å²) in [5, 5.41) is 3.17. The van der Waals surface area contributed by atoms with Crippen molar-refractivity contribution in [1.82, 2.24) is 9.97 Å². The number of rotatable bonds is 6. The molecule has 142 valence electrons. The molecule has 0 fully saturated rings. The lowest BCUT2D eigenvalue weighted by Gasteiger charge is -2.02. The van der Waals surface area contributed by atoms with Crippen molar-refractivity contribution in [2.75, 3.05) is 5.32 Å². The van der Waals surface area contributed by atoms with Crippen molar-refractivity contribution < 1.29 is 17.3 Å². The molecule has 1 N–H and O–H groups in total. The first kappa shape index (κ1) is 18.3. The van der Waals surface area contributed by atoms with Gasteiger partial charge in [0, 0.05) is 24.0 Å². The second-order valence-corrected chi connectivity index (χ2v) is 8.10. The van der Waals surface area contributed by atoms with Crippen LogP contribution in [0.2, 0.25) is 5.02 Å². The summed E-state index contributed by atoms with van der Waals surface area (Å²) in [4.78, 5) is 8.26. The van der Waals surface area contributed by atoms with Gasteiger partial charge in [0.2, 0.25) is 20.6 Å². The maximum atomic E-state index is 13.1. The van der Waals surface area contributed by atoms with Crippen molar-refractivity contribution in [1.29, 1.82) is 0 Å². The lowest BCUT2D eigenvalue weighted by Crippen LogP contribution is -2.05. The number of pyridine rings is 1. The van der Waals surface area contributed by atoms with Crippen LogP contribution in [0, 0.1) is 0 Å². The number of hydrogen-bond acceptors (Lipinski definition) is 7. The minimum atomic E-state index is -3.95. The Kier molecular flexibility index (Phi) is 4.89. The predicted molar refractivity (Wildman–Crippen MR) is 103 cm³/mol. The van der Waals surface area contributed by atoms with Crippen molar-refractivity contribution in [2.24, 2.45) is 0 Å². The van der Waals surface area contributed by atoms with Crippen molar-refractivity contribution in [3.05, 3.63) is 77.8 Å². The number of hydrogen-bond donors (Lipinski definition) is 1. The van der Waals surface area contributed by atoms with E-state index in [0.717, 1.165) is 5.56 Å². The van der Waals surface area contributed by atoms with E-state index in [1.54, 1.807) is 30.6 Å². The third kappa shape index (κ3) is 3.64.